The lowest BCUT2D eigenvalue weighted by atomic mass is 9.84. The Morgan fingerprint density at radius 3 is 2.40 bits per heavy atom. The quantitative estimate of drug-likeness (QED) is 0.221. The molecule has 1 aromatic heterocycles. The number of rotatable bonds is 9. The monoisotopic (exact) mass is 859 g/mol. The van der Waals surface area contributed by atoms with Crippen LogP contribution in [0, 0.1) is 17.8 Å². The Bertz CT molecular complexity index is 2320. The van der Waals surface area contributed by atoms with Crippen LogP contribution in [0.1, 0.15) is 99.0 Å². The molecule has 2 unspecified atom stereocenters. The van der Waals surface area contributed by atoms with Gasteiger partial charge in [-0.3, -0.25) is 29.3 Å². The summed E-state index contributed by atoms with van der Waals surface area (Å²) < 4.78 is 6.34. The number of allylic oxidation sites excluding steroid dienone is 4. The van der Waals surface area contributed by atoms with Crippen molar-refractivity contribution >= 4 is 52.7 Å². The van der Waals surface area contributed by atoms with E-state index in [1.54, 1.807) is 18.3 Å². The van der Waals surface area contributed by atoms with Crippen molar-refractivity contribution in [2.24, 2.45) is 17.8 Å². The van der Waals surface area contributed by atoms with Gasteiger partial charge in [-0.25, -0.2) is 9.97 Å². The van der Waals surface area contributed by atoms with Crippen molar-refractivity contribution in [2.45, 2.75) is 102 Å². The molecule has 5 heterocycles. The predicted octanol–water partition coefficient (Wildman–Crippen LogP) is 6.82. The van der Waals surface area contributed by atoms with Crippen LogP contribution < -0.4 is 15.4 Å². The van der Waals surface area contributed by atoms with Gasteiger partial charge >= 0.3 is 0 Å². The minimum absolute atomic E-state index is 0.0610. The molecule has 14 heteroatoms. The number of aromatic nitrogens is 2. The Balaban J connectivity index is 0.727. The molecule has 0 bridgehead atoms. The van der Waals surface area contributed by atoms with Gasteiger partial charge in [-0.05, 0) is 91.8 Å². The van der Waals surface area contributed by atoms with E-state index in [-0.39, 0.29) is 54.0 Å². The van der Waals surface area contributed by atoms with E-state index in [1.807, 2.05) is 28.0 Å². The number of ether oxygens (including phenoxy) is 1. The third-order valence-corrected chi connectivity index (χ3v) is 13.9. The zero-order valence-electron chi connectivity index (χ0n) is 35.2. The van der Waals surface area contributed by atoms with E-state index in [0.29, 0.717) is 105 Å². The van der Waals surface area contributed by atoms with E-state index >= 15 is 0 Å². The van der Waals surface area contributed by atoms with Gasteiger partial charge in [0.1, 0.15) is 17.9 Å². The van der Waals surface area contributed by atoms with Gasteiger partial charge in [0.15, 0.2) is 0 Å². The van der Waals surface area contributed by atoms with Crippen LogP contribution in [0.5, 0.6) is 5.75 Å². The van der Waals surface area contributed by atoms with Crippen LogP contribution in [0.2, 0.25) is 5.02 Å². The number of benzene rings is 2. The zero-order chi connectivity index (χ0) is 42.9. The van der Waals surface area contributed by atoms with Crippen LogP contribution in [-0.2, 0) is 25.7 Å². The van der Waals surface area contributed by atoms with Crippen molar-refractivity contribution in [2.75, 3.05) is 31.5 Å². The van der Waals surface area contributed by atoms with Crippen LogP contribution in [0.3, 0.4) is 0 Å². The number of fused-ring (bicyclic) bond motifs is 1. The van der Waals surface area contributed by atoms with Crippen molar-refractivity contribution in [3.05, 3.63) is 88.6 Å². The number of amides is 5. The normalized spacial score (nSPS) is 24.7. The Morgan fingerprint density at radius 1 is 0.887 bits per heavy atom. The largest absolute Gasteiger partial charge is 0.490 e. The fourth-order valence-corrected chi connectivity index (χ4v) is 10.2. The van der Waals surface area contributed by atoms with Gasteiger partial charge < -0.3 is 24.8 Å². The van der Waals surface area contributed by atoms with E-state index in [9.17, 15) is 24.0 Å². The highest BCUT2D eigenvalue weighted by Crippen LogP contribution is 2.35. The molecule has 2 aliphatic carbocycles. The van der Waals surface area contributed by atoms with Gasteiger partial charge in [0.05, 0.1) is 16.9 Å². The summed E-state index contributed by atoms with van der Waals surface area (Å²) >= 11 is 6.65. The number of anilines is 1. The number of likely N-dealkylation sites (tertiary alicyclic amines) is 2. The van der Waals surface area contributed by atoms with Crippen LogP contribution in [-0.4, -0.2) is 98.6 Å². The molecular weight excluding hydrogens is 806 g/mol. The Hall–Kier alpha value is -5.56. The van der Waals surface area contributed by atoms with E-state index < -0.39 is 11.9 Å². The average Bonchev–Trinajstić information content (AvgIpc) is 3.61. The van der Waals surface area contributed by atoms with Crippen molar-refractivity contribution in [3.8, 4) is 17.0 Å². The van der Waals surface area contributed by atoms with Crippen LogP contribution in [0.15, 0.2) is 66.9 Å². The van der Waals surface area contributed by atoms with Crippen molar-refractivity contribution in [3.63, 3.8) is 0 Å². The van der Waals surface area contributed by atoms with Crippen molar-refractivity contribution in [1.82, 2.24) is 30.0 Å². The second-order valence-electron chi connectivity index (χ2n) is 17.9. The highest BCUT2D eigenvalue weighted by molar-refractivity contribution is 6.33. The molecule has 9 rings (SSSR count). The highest BCUT2D eigenvalue weighted by atomic mass is 35.5. The molecule has 4 aliphatic heterocycles. The first-order chi connectivity index (χ1) is 30.1. The Labute approximate surface area is 367 Å². The second-order valence-corrected chi connectivity index (χ2v) is 18.3. The molecule has 3 aromatic rings. The molecule has 13 nitrogen and oxygen atoms in total. The lowest BCUT2D eigenvalue weighted by Crippen LogP contribution is -2.52. The maximum Gasteiger partial charge on any atom is 0.255 e. The van der Waals surface area contributed by atoms with Gasteiger partial charge in [0.25, 0.3) is 5.91 Å². The van der Waals surface area contributed by atoms with Gasteiger partial charge in [-0.15, -0.1) is 0 Å². The summed E-state index contributed by atoms with van der Waals surface area (Å²) in [4.78, 5) is 79.5. The fraction of sp³-hybridized carbons (Fsp3) is 0.479. The topological polar surface area (TPSA) is 154 Å². The summed E-state index contributed by atoms with van der Waals surface area (Å²) in [5, 5.41) is 6.35. The molecule has 2 N–H and O–H groups in total. The minimum atomic E-state index is -0.660. The van der Waals surface area contributed by atoms with Crippen LogP contribution >= 0.6 is 11.6 Å². The van der Waals surface area contributed by atoms with Gasteiger partial charge in [0.2, 0.25) is 29.6 Å². The van der Waals surface area contributed by atoms with E-state index in [0.717, 1.165) is 42.4 Å². The first-order valence-electron chi connectivity index (χ1n) is 22.4. The average molecular weight is 860 g/mol. The smallest absolute Gasteiger partial charge is 0.255 e. The summed E-state index contributed by atoms with van der Waals surface area (Å²) in [6, 6.07) is 13.1. The van der Waals surface area contributed by atoms with E-state index in [2.05, 4.69) is 52.9 Å². The van der Waals surface area contributed by atoms with E-state index in [4.69, 9.17) is 21.3 Å². The maximum absolute atomic E-state index is 13.9. The molecule has 0 spiro atoms. The number of piperidine rings is 3. The van der Waals surface area contributed by atoms with Crippen LogP contribution in [0.4, 0.5) is 5.95 Å². The zero-order valence-corrected chi connectivity index (χ0v) is 35.9. The van der Waals surface area contributed by atoms with Crippen molar-refractivity contribution in [1.29, 1.82) is 0 Å². The number of hydrogen-bond acceptors (Lipinski definition) is 9. The van der Waals surface area contributed by atoms with E-state index in [1.165, 1.54) is 10.5 Å². The number of hydrogen-bond donors (Lipinski definition) is 2. The van der Waals surface area contributed by atoms with Gasteiger partial charge in [-0.2, -0.15) is 0 Å². The predicted molar refractivity (Wildman–Crippen MR) is 235 cm³/mol. The number of carbonyl (C=O) groups excluding carboxylic acids is 5. The molecule has 6 aliphatic rings. The molecule has 62 heavy (non-hydrogen) atoms. The molecule has 0 radical (unpaired) electrons. The summed E-state index contributed by atoms with van der Waals surface area (Å²) in [7, 11) is 0. The fourth-order valence-electron chi connectivity index (χ4n) is 10.0. The molecule has 4 atom stereocenters. The summed E-state index contributed by atoms with van der Waals surface area (Å²) in [6.45, 7) is 4.88. The third kappa shape index (κ3) is 9.00. The third-order valence-electron chi connectivity index (χ3n) is 13.6. The first kappa shape index (κ1) is 41.8. The minimum Gasteiger partial charge on any atom is -0.490 e. The lowest BCUT2D eigenvalue weighted by molar-refractivity contribution is -0.144. The summed E-state index contributed by atoms with van der Waals surface area (Å²) in [5.41, 5.74) is 5.28. The molecule has 5 amide bonds. The summed E-state index contributed by atoms with van der Waals surface area (Å²) in [5.74, 6) is 0.901. The number of imide groups is 1. The van der Waals surface area contributed by atoms with Gasteiger partial charge in [-0.1, -0.05) is 61.4 Å². The molecule has 4 fully saturated rings. The maximum atomic E-state index is 13.9. The molecular formula is C48H54ClN7O6. The van der Waals surface area contributed by atoms with Crippen molar-refractivity contribution < 1.29 is 28.7 Å². The SMILES string of the molecule is CC1C=CC(c2cccc(-c3nc(N[C@@H]4CCC[C@H](C(=O)N5CCC(C(=O)N6CCC(Oc7ccc8c(c7)CN(C7CCC(=O)NC7=O)C8=O)CC6)CC5)C4)ncc3Cl)c2)=CC1. The standard InChI is InChI=1S/C48H54ClN7O6/c1-29-8-10-30(11-9-29)32-4-2-5-33(24-32)43-40(49)27-50-48(53-43)51-36-7-3-6-34(25-36)46(60)54-20-16-31(17-21-54)45(59)55-22-18-37(19-23-55)62-38-12-13-39-35(26-38)28-56(47(39)61)41-14-15-42(57)52-44(41)58/h2,4-5,8,10-13,24,26-27,29,31,34,36-37,41H,3,6-7,9,14-23,25,28H2,1H3,(H,50,51,53)(H,52,57,58)/t29?,34-,36+,41?/m0/s1. The summed E-state index contributed by atoms with van der Waals surface area (Å²) in [6.07, 6.45) is 16.0. The Morgan fingerprint density at radius 2 is 1.65 bits per heavy atom. The first-order valence-corrected chi connectivity index (χ1v) is 22.7. The second kappa shape index (κ2) is 18.0. The molecule has 3 saturated heterocycles. The van der Waals surface area contributed by atoms with Gasteiger partial charge in [0, 0.05) is 81.0 Å². The molecule has 324 valence electrons. The molecule has 1 saturated carbocycles. The lowest BCUT2D eigenvalue weighted by Gasteiger charge is -2.39. The number of carbonyl (C=O) groups is 5. The molecule has 2 aromatic carbocycles. The number of nitrogens with one attached hydrogen (secondary N) is 2. The number of nitrogens with zero attached hydrogens (tertiary/aromatic N) is 5. The Kier molecular flexibility index (Phi) is 12.2. The highest BCUT2D eigenvalue weighted by Gasteiger charge is 2.40. The van der Waals surface area contributed by atoms with Crippen LogP contribution in [0.25, 0.3) is 16.8 Å². The number of halogens is 1.